The predicted octanol–water partition coefficient (Wildman–Crippen LogP) is 2.67. The molecule has 0 radical (unpaired) electrons. The maximum Gasteiger partial charge on any atom is 0.220 e. The van der Waals surface area contributed by atoms with Crippen molar-refractivity contribution in [2.24, 2.45) is 0 Å². The molecule has 132 valence electrons. The van der Waals surface area contributed by atoms with Crippen molar-refractivity contribution in [3.8, 4) is 11.8 Å². The van der Waals surface area contributed by atoms with Gasteiger partial charge in [0.05, 0.1) is 31.8 Å². The SMILES string of the molecule is COc1ccc(CNC(=O)CCc2c(C)nn(CCC#N)c2C)cc1. The van der Waals surface area contributed by atoms with Gasteiger partial charge in [-0.05, 0) is 43.5 Å². The summed E-state index contributed by atoms with van der Waals surface area (Å²) in [5.41, 5.74) is 4.09. The Labute approximate surface area is 148 Å². The summed E-state index contributed by atoms with van der Waals surface area (Å²) in [4.78, 5) is 12.1. The molecule has 0 bridgehead atoms. The average molecular weight is 340 g/mol. The first kappa shape index (κ1) is 18.5. The second-order valence-electron chi connectivity index (χ2n) is 5.91. The van der Waals surface area contributed by atoms with Gasteiger partial charge in [0.15, 0.2) is 0 Å². The Morgan fingerprint density at radius 1 is 1.32 bits per heavy atom. The van der Waals surface area contributed by atoms with Gasteiger partial charge in [0.2, 0.25) is 5.91 Å². The molecule has 0 saturated heterocycles. The molecule has 25 heavy (non-hydrogen) atoms. The highest BCUT2D eigenvalue weighted by atomic mass is 16.5. The summed E-state index contributed by atoms with van der Waals surface area (Å²) in [5, 5.41) is 16.1. The Morgan fingerprint density at radius 3 is 2.68 bits per heavy atom. The highest BCUT2D eigenvalue weighted by molar-refractivity contribution is 5.76. The topological polar surface area (TPSA) is 79.9 Å². The minimum Gasteiger partial charge on any atom is -0.497 e. The molecular formula is C19H24N4O2. The van der Waals surface area contributed by atoms with E-state index in [0.29, 0.717) is 32.4 Å². The van der Waals surface area contributed by atoms with E-state index in [1.165, 1.54) is 0 Å². The molecule has 0 spiro atoms. The van der Waals surface area contributed by atoms with E-state index in [0.717, 1.165) is 28.3 Å². The maximum absolute atomic E-state index is 12.1. The van der Waals surface area contributed by atoms with Crippen LogP contribution < -0.4 is 10.1 Å². The van der Waals surface area contributed by atoms with E-state index in [1.54, 1.807) is 7.11 Å². The molecular weight excluding hydrogens is 316 g/mol. The van der Waals surface area contributed by atoms with Crippen molar-refractivity contribution in [2.75, 3.05) is 7.11 Å². The molecule has 0 atom stereocenters. The molecule has 0 aliphatic heterocycles. The third-order valence-electron chi connectivity index (χ3n) is 4.22. The van der Waals surface area contributed by atoms with E-state index < -0.39 is 0 Å². The fourth-order valence-corrected chi connectivity index (χ4v) is 2.74. The highest BCUT2D eigenvalue weighted by Crippen LogP contribution is 2.16. The Kier molecular flexibility index (Phi) is 6.58. The van der Waals surface area contributed by atoms with Crippen LogP contribution in [-0.2, 0) is 24.3 Å². The highest BCUT2D eigenvalue weighted by Gasteiger charge is 2.13. The molecule has 1 aromatic heterocycles. The smallest absolute Gasteiger partial charge is 0.220 e. The van der Waals surface area contributed by atoms with Crippen LogP contribution in [0.1, 0.15) is 35.4 Å². The van der Waals surface area contributed by atoms with E-state index in [4.69, 9.17) is 10.00 Å². The van der Waals surface area contributed by atoms with Crippen LogP contribution in [0.15, 0.2) is 24.3 Å². The Bertz CT molecular complexity index is 757. The first-order valence-electron chi connectivity index (χ1n) is 8.34. The number of benzene rings is 1. The van der Waals surface area contributed by atoms with Crippen molar-refractivity contribution in [3.63, 3.8) is 0 Å². The normalized spacial score (nSPS) is 10.3. The number of nitrogens with zero attached hydrogens (tertiary/aromatic N) is 3. The van der Waals surface area contributed by atoms with E-state index in [-0.39, 0.29) is 5.91 Å². The van der Waals surface area contributed by atoms with Crippen molar-refractivity contribution in [3.05, 3.63) is 46.8 Å². The van der Waals surface area contributed by atoms with Gasteiger partial charge in [0, 0.05) is 18.7 Å². The second kappa shape index (κ2) is 8.88. The molecule has 1 aromatic carbocycles. The number of ether oxygens (including phenoxy) is 1. The molecule has 2 rings (SSSR count). The Hall–Kier alpha value is -2.81. The van der Waals surface area contributed by atoms with Gasteiger partial charge in [-0.25, -0.2) is 0 Å². The van der Waals surface area contributed by atoms with Gasteiger partial charge in [-0.2, -0.15) is 10.4 Å². The van der Waals surface area contributed by atoms with Crippen LogP contribution in [-0.4, -0.2) is 22.8 Å². The molecule has 6 nitrogen and oxygen atoms in total. The number of methoxy groups -OCH3 is 1. The van der Waals surface area contributed by atoms with Gasteiger partial charge in [-0.3, -0.25) is 9.48 Å². The molecule has 1 amide bonds. The number of carbonyl (C=O) groups excluding carboxylic acids is 1. The van der Waals surface area contributed by atoms with Crippen molar-refractivity contribution in [2.45, 2.75) is 46.2 Å². The number of amides is 1. The molecule has 2 aromatic rings. The zero-order valence-electron chi connectivity index (χ0n) is 15.0. The molecule has 0 fully saturated rings. The summed E-state index contributed by atoms with van der Waals surface area (Å²) >= 11 is 0. The van der Waals surface area contributed by atoms with Gasteiger partial charge in [-0.1, -0.05) is 12.1 Å². The number of nitrogens with one attached hydrogen (secondary N) is 1. The van der Waals surface area contributed by atoms with Crippen LogP contribution in [0.2, 0.25) is 0 Å². The molecule has 1 heterocycles. The Balaban J connectivity index is 1.85. The summed E-state index contributed by atoms with van der Waals surface area (Å²) in [5.74, 6) is 0.814. The number of carbonyl (C=O) groups is 1. The number of hydrogen-bond donors (Lipinski definition) is 1. The first-order chi connectivity index (χ1) is 12.0. The second-order valence-corrected chi connectivity index (χ2v) is 5.91. The van der Waals surface area contributed by atoms with E-state index in [9.17, 15) is 4.79 Å². The zero-order chi connectivity index (χ0) is 18.2. The van der Waals surface area contributed by atoms with Crippen molar-refractivity contribution >= 4 is 5.91 Å². The largest absolute Gasteiger partial charge is 0.497 e. The number of hydrogen-bond acceptors (Lipinski definition) is 4. The van der Waals surface area contributed by atoms with E-state index in [2.05, 4.69) is 16.5 Å². The molecule has 0 saturated carbocycles. The molecule has 0 unspecified atom stereocenters. The Morgan fingerprint density at radius 2 is 2.04 bits per heavy atom. The van der Waals surface area contributed by atoms with E-state index >= 15 is 0 Å². The van der Waals surface area contributed by atoms with Crippen LogP contribution in [0, 0.1) is 25.2 Å². The van der Waals surface area contributed by atoms with Gasteiger partial charge >= 0.3 is 0 Å². The lowest BCUT2D eigenvalue weighted by molar-refractivity contribution is -0.121. The fourth-order valence-electron chi connectivity index (χ4n) is 2.74. The van der Waals surface area contributed by atoms with Gasteiger partial charge in [-0.15, -0.1) is 0 Å². The van der Waals surface area contributed by atoms with Crippen LogP contribution in [0.25, 0.3) is 0 Å². The number of aromatic nitrogens is 2. The minimum atomic E-state index is 0.0133. The van der Waals surface area contributed by atoms with Crippen LogP contribution in [0.3, 0.4) is 0 Å². The van der Waals surface area contributed by atoms with Gasteiger partial charge in [0.1, 0.15) is 5.75 Å². The monoisotopic (exact) mass is 340 g/mol. The van der Waals surface area contributed by atoms with Crippen LogP contribution in [0.4, 0.5) is 0 Å². The van der Waals surface area contributed by atoms with Crippen LogP contribution >= 0.6 is 0 Å². The lowest BCUT2D eigenvalue weighted by atomic mass is 10.1. The minimum absolute atomic E-state index is 0.0133. The fraction of sp³-hybridized carbons (Fsp3) is 0.421. The lowest BCUT2D eigenvalue weighted by Gasteiger charge is -2.07. The lowest BCUT2D eigenvalue weighted by Crippen LogP contribution is -2.23. The number of aryl methyl sites for hydroxylation is 2. The molecule has 0 aliphatic rings. The summed E-state index contributed by atoms with van der Waals surface area (Å²) < 4.78 is 6.97. The quantitative estimate of drug-likeness (QED) is 0.801. The molecule has 0 aliphatic carbocycles. The van der Waals surface area contributed by atoms with Gasteiger partial charge < -0.3 is 10.1 Å². The average Bonchev–Trinajstić information content (AvgIpc) is 2.90. The van der Waals surface area contributed by atoms with Crippen molar-refractivity contribution < 1.29 is 9.53 Å². The summed E-state index contributed by atoms with van der Waals surface area (Å²) in [6, 6.07) is 9.76. The van der Waals surface area contributed by atoms with Crippen LogP contribution in [0.5, 0.6) is 5.75 Å². The van der Waals surface area contributed by atoms with Crippen molar-refractivity contribution in [1.29, 1.82) is 5.26 Å². The summed E-state index contributed by atoms with van der Waals surface area (Å²) in [6.07, 6.45) is 1.50. The number of nitriles is 1. The van der Waals surface area contributed by atoms with E-state index in [1.807, 2.05) is 42.8 Å². The standard InChI is InChI=1S/C19H24N4O2/c1-14-18(15(2)23(22-14)12-4-11-20)9-10-19(24)21-13-16-5-7-17(25-3)8-6-16/h5-8H,4,9-10,12-13H2,1-3H3,(H,21,24). The summed E-state index contributed by atoms with van der Waals surface area (Å²) in [6.45, 7) is 5.03. The third kappa shape index (κ3) is 5.08. The molecule has 6 heteroatoms. The summed E-state index contributed by atoms with van der Waals surface area (Å²) in [7, 11) is 1.63. The maximum atomic E-state index is 12.1. The zero-order valence-corrected chi connectivity index (χ0v) is 15.0. The number of rotatable bonds is 8. The predicted molar refractivity (Wildman–Crippen MR) is 95.1 cm³/mol. The molecule has 1 N–H and O–H groups in total. The van der Waals surface area contributed by atoms with Gasteiger partial charge in [0.25, 0.3) is 0 Å². The third-order valence-corrected chi connectivity index (χ3v) is 4.22. The first-order valence-corrected chi connectivity index (χ1v) is 8.34. The van der Waals surface area contributed by atoms with Crippen molar-refractivity contribution in [1.82, 2.24) is 15.1 Å².